The SMILES string of the molecule is O=C(CCl)NCC(NC(=O)C1COCCO1)c1ccc2ccccc2c1. The number of hydrogen-bond donors (Lipinski definition) is 2. The average Bonchev–Trinajstić information content (AvgIpc) is 2.70. The van der Waals surface area contributed by atoms with Crippen molar-refractivity contribution in [1.82, 2.24) is 10.6 Å². The van der Waals surface area contributed by atoms with Crippen molar-refractivity contribution >= 4 is 34.2 Å². The lowest BCUT2D eigenvalue weighted by molar-refractivity contribution is -0.148. The Bertz CT molecular complexity index is 777. The molecule has 1 heterocycles. The number of ether oxygens (including phenoxy) is 2. The number of fused-ring (bicyclic) bond motifs is 1. The first-order valence-electron chi connectivity index (χ1n) is 8.48. The number of benzene rings is 2. The lowest BCUT2D eigenvalue weighted by Crippen LogP contribution is -2.46. The standard InChI is InChI=1S/C19H21ClN2O4/c20-10-18(23)21-11-16(22-19(24)17-12-25-7-8-26-17)15-6-5-13-3-1-2-4-14(13)9-15/h1-6,9,16-17H,7-8,10-12H2,(H,21,23)(H,22,24). The zero-order chi connectivity index (χ0) is 18.4. The fourth-order valence-electron chi connectivity index (χ4n) is 2.84. The number of rotatable bonds is 6. The topological polar surface area (TPSA) is 76.7 Å². The van der Waals surface area contributed by atoms with Crippen LogP contribution in [0.5, 0.6) is 0 Å². The highest BCUT2D eigenvalue weighted by Gasteiger charge is 2.25. The van der Waals surface area contributed by atoms with Crippen molar-refractivity contribution in [3.8, 4) is 0 Å². The number of halogens is 1. The van der Waals surface area contributed by atoms with Gasteiger partial charge >= 0.3 is 0 Å². The molecule has 2 N–H and O–H groups in total. The molecule has 3 rings (SSSR count). The molecule has 1 fully saturated rings. The molecule has 0 spiro atoms. The largest absolute Gasteiger partial charge is 0.376 e. The van der Waals surface area contributed by atoms with Crippen molar-refractivity contribution in [3.63, 3.8) is 0 Å². The van der Waals surface area contributed by atoms with E-state index in [1.165, 1.54) is 0 Å². The number of nitrogens with one attached hydrogen (secondary N) is 2. The normalized spacial score (nSPS) is 18.3. The van der Waals surface area contributed by atoms with E-state index in [9.17, 15) is 9.59 Å². The highest BCUT2D eigenvalue weighted by Crippen LogP contribution is 2.20. The molecule has 0 aromatic heterocycles. The number of amides is 2. The van der Waals surface area contributed by atoms with Crippen LogP contribution in [-0.2, 0) is 19.1 Å². The monoisotopic (exact) mass is 376 g/mol. The minimum Gasteiger partial charge on any atom is -0.376 e. The van der Waals surface area contributed by atoms with Gasteiger partial charge in [-0.25, -0.2) is 0 Å². The van der Waals surface area contributed by atoms with E-state index in [4.69, 9.17) is 21.1 Å². The Labute approximate surface area is 156 Å². The lowest BCUT2D eigenvalue weighted by Gasteiger charge is -2.26. The van der Waals surface area contributed by atoms with Gasteiger partial charge in [0, 0.05) is 6.54 Å². The average molecular weight is 377 g/mol. The zero-order valence-electron chi connectivity index (χ0n) is 14.2. The Morgan fingerprint density at radius 1 is 1.15 bits per heavy atom. The van der Waals surface area contributed by atoms with Gasteiger partial charge in [0.15, 0.2) is 6.10 Å². The van der Waals surface area contributed by atoms with Gasteiger partial charge in [0.1, 0.15) is 5.88 Å². The van der Waals surface area contributed by atoms with E-state index in [0.29, 0.717) is 13.2 Å². The summed E-state index contributed by atoms with van der Waals surface area (Å²) < 4.78 is 10.7. The van der Waals surface area contributed by atoms with E-state index in [1.807, 2.05) is 42.5 Å². The van der Waals surface area contributed by atoms with Crippen LogP contribution in [0.2, 0.25) is 0 Å². The molecule has 2 amide bonds. The van der Waals surface area contributed by atoms with E-state index in [-0.39, 0.29) is 30.8 Å². The Balaban J connectivity index is 1.78. The van der Waals surface area contributed by atoms with Crippen molar-refractivity contribution in [2.75, 3.05) is 32.2 Å². The second-order valence-corrected chi connectivity index (χ2v) is 6.31. The second kappa shape index (κ2) is 8.98. The van der Waals surface area contributed by atoms with Crippen LogP contribution in [0.15, 0.2) is 42.5 Å². The summed E-state index contributed by atoms with van der Waals surface area (Å²) in [6.07, 6.45) is -0.643. The molecule has 0 radical (unpaired) electrons. The third kappa shape index (κ3) is 4.72. The second-order valence-electron chi connectivity index (χ2n) is 6.04. The van der Waals surface area contributed by atoms with Crippen molar-refractivity contribution in [3.05, 3.63) is 48.0 Å². The van der Waals surface area contributed by atoms with Crippen molar-refractivity contribution in [1.29, 1.82) is 0 Å². The van der Waals surface area contributed by atoms with E-state index in [1.54, 1.807) is 0 Å². The number of carbonyl (C=O) groups excluding carboxylic acids is 2. The van der Waals surface area contributed by atoms with E-state index in [0.717, 1.165) is 16.3 Å². The molecule has 0 saturated carbocycles. The summed E-state index contributed by atoms with van der Waals surface area (Å²) >= 11 is 5.55. The highest BCUT2D eigenvalue weighted by molar-refractivity contribution is 6.27. The summed E-state index contributed by atoms with van der Waals surface area (Å²) in [5.74, 6) is -0.676. The van der Waals surface area contributed by atoms with Crippen LogP contribution in [0.1, 0.15) is 11.6 Å². The summed E-state index contributed by atoms with van der Waals surface area (Å²) in [6, 6.07) is 13.5. The molecule has 7 heteroatoms. The minimum atomic E-state index is -0.643. The molecule has 26 heavy (non-hydrogen) atoms. The van der Waals surface area contributed by atoms with Crippen molar-refractivity contribution < 1.29 is 19.1 Å². The van der Waals surface area contributed by atoms with Crippen molar-refractivity contribution in [2.24, 2.45) is 0 Å². The van der Waals surface area contributed by atoms with Crippen LogP contribution in [0.4, 0.5) is 0 Å². The lowest BCUT2D eigenvalue weighted by atomic mass is 10.0. The van der Waals surface area contributed by atoms with Gasteiger partial charge in [-0.05, 0) is 22.4 Å². The molecule has 6 nitrogen and oxygen atoms in total. The molecule has 0 bridgehead atoms. The Hall–Kier alpha value is -2.15. The van der Waals surface area contributed by atoms with E-state index in [2.05, 4.69) is 10.6 Å². The highest BCUT2D eigenvalue weighted by atomic mass is 35.5. The van der Waals surface area contributed by atoms with Gasteiger partial charge < -0.3 is 20.1 Å². The summed E-state index contributed by atoms with van der Waals surface area (Å²) in [6.45, 7) is 1.35. The molecule has 2 unspecified atom stereocenters. The molecular formula is C19H21ClN2O4. The molecular weight excluding hydrogens is 356 g/mol. The molecule has 2 atom stereocenters. The number of alkyl halides is 1. The Kier molecular flexibility index (Phi) is 6.44. The maximum absolute atomic E-state index is 12.5. The fraction of sp³-hybridized carbons (Fsp3) is 0.368. The molecule has 1 aliphatic heterocycles. The molecule has 138 valence electrons. The van der Waals surface area contributed by atoms with Crippen LogP contribution < -0.4 is 10.6 Å². The van der Waals surface area contributed by atoms with Crippen LogP contribution in [0, 0.1) is 0 Å². The maximum atomic E-state index is 12.5. The first kappa shape index (κ1) is 18.6. The third-order valence-corrected chi connectivity index (χ3v) is 4.47. The predicted octanol–water partition coefficient (Wildman–Crippen LogP) is 1.77. The first-order chi connectivity index (χ1) is 12.7. The Morgan fingerprint density at radius 2 is 1.96 bits per heavy atom. The van der Waals surface area contributed by atoms with Gasteiger partial charge in [-0.1, -0.05) is 36.4 Å². The molecule has 2 aromatic rings. The van der Waals surface area contributed by atoms with Gasteiger partial charge in [0.2, 0.25) is 5.91 Å². The van der Waals surface area contributed by atoms with Crippen LogP contribution in [0.25, 0.3) is 10.8 Å². The minimum absolute atomic E-state index is 0.127. The Morgan fingerprint density at radius 3 is 2.69 bits per heavy atom. The van der Waals surface area contributed by atoms with Gasteiger partial charge in [-0.2, -0.15) is 0 Å². The smallest absolute Gasteiger partial charge is 0.252 e. The number of hydrogen-bond acceptors (Lipinski definition) is 4. The van der Waals surface area contributed by atoms with Gasteiger partial charge in [0.05, 0.1) is 25.9 Å². The quantitative estimate of drug-likeness (QED) is 0.753. The molecule has 2 aromatic carbocycles. The third-order valence-electron chi connectivity index (χ3n) is 4.23. The maximum Gasteiger partial charge on any atom is 0.252 e. The summed E-state index contributed by atoms with van der Waals surface area (Å²) in [7, 11) is 0. The predicted molar refractivity (Wildman–Crippen MR) is 99.1 cm³/mol. The van der Waals surface area contributed by atoms with Crippen molar-refractivity contribution in [2.45, 2.75) is 12.1 Å². The van der Waals surface area contributed by atoms with E-state index >= 15 is 0 Å². The molecule has 1 saturated heterocycles. The van der Waals surface area contributed by atoms with Gasteiger partial charge in [-0.15, -0.1) is 11.6 Å². The van der Waals surface area contributed by atoms with Gasteiger partial charge in [0.25, 0.3) is 5.91 Å². The zero-order valence-corrected chi connectivity index (χ0v) is 15.0. The van der Waals surface area contributed by atoms with E-state index < -0.39 is 12.1 Å². The van der Waals surface area contributed by atoms with Crippen LogP contribution in [0.3, 0.4) is 0 Å². The molecule has 0 aliphatic carbocycles. The summed E-state index contributed by atoms with van der Waals surface area (Å²) in [5, 5.41) is 7.84. The van der Waals surface area contributed by atoms with Crippen LogP contribution in [-0.4, -0.2) is 50.2 Å². The molecule has 1 aliphatic rings. The van der Waals surface area contributed by atoms with Crippen LogP contribution >= 0.6 is 11.6 Å². The summed E-state index contributed by atoms with van der Waals surface area (Å²) in [4.78, 5) is 24.1. The fourth-order valence-corrected chi connectivity index (χ4v) is 2.94. The number of carbonyl (C=O) groups is 2. The summed E-state index contributed by atoms with van der Waals surface area (Å²) in [5.41, 5.74) is 0.892. The first-order valence-corrected chi connectivity index (χ1v) is 9.02. The van der Waals surface area contributed by atoms with Gasteiger partial charge in [-0.3, -0.25) is 9.59 Å².